The van der Waals surface area contributed by atoms with Crippen molar-refractivity contribution in [2.75, 3.05) is 33.1 Å². The molecule has 0 bridgehead atoms. The predicted octanol–water partition coefficient (Wildman–Crippen LogP) is 3.75. The Balaban J connectivity index is 1.62. The largest absolute Gasteiger partial charge is 0.493 e. The van der Waals surface area contributed by atoms with Crippen LogP contribution in [0.5, 0.6) is 11.5 Å². The summed E-state index contributed by atoms with van der Waals surface area (Å²) in [7, 11) is 4.98. The molecule has 0 unspecified atom stereocenters. The molecule has 1 heterocycles. The Morgan fingerprint density at radius 2 is 1.74 bits per heavy atom. The van der Waals surface area contributed by atoms with E-state index in [1.807, 2.05) is 38.8 Å². The summed E-state index contributed by atoms with van der Waals surface area (Å²) in [5, 5.41) is 7.04. The van der Waals surface area contributed by atoms with Crippen LogP contribution in [0.25, 0.3) is 11.4 Å². The predicted molar refractivity (Wildman–Crippen MR) is 118 cm³/mol. The molecule has 0 aliphatic heterocycles. The van der Waals surface area contributed by atoms with Crippen molar-refractivity contribution in [1.29, 1.82) is 0 Å². The lowest BCUT2D eigenvalue weighted by Gasteiger charge is -2.16. The quantitative estimate of drug-likeness (QED) is 0.589. The molecule has 0 saturated carbocycles. The number of aromatic nitrogens is 2. The minimum atomic E-state index is -0.0998. The molecule has 164 valence electrons. The first kappa shape index (κ1) is 22.3. The minimum Gasteiger partial charge on any atom is -0.493 e. The molecule has 8 nitrogen and oxygen atoms in total. The molecule has 0 aliphatic carbocycles. The highest BCUT2D eigenvalue weighted by Gasteiger charge is 2.16. The summed E-state index contributed by atoms with van der Waals surface area (Å²) in [4.78, 5) is 18.8. The van der Waals surface area contributed by atoms with E-state index < -0.39 is 0 Å². The third kappa shape index (κ3) is 5.40. The van der Waals surface area contributed by atoms with Gasteiger partial charge in [0, 0.05) is 11.3 Å². The van der Waals surface area contributed by atoms with Crippen LogP contribution in [0, 0.1) is 20.8 Å². The number of benzene rings is 2. The second kappa shape index (κ2) is 9.61. The fraction of sp³-hybridized carbons (Fsp3) is 0.348. The molecule has 0 fully saturated rings. The standard InChI is InChI=1S/C23H28N4O4/c1-14-9-15(2)22(16(3)10-14)24-20(28)12-27(4)13-21-25-23(26-31-21)17-7-8-18(29-5)19(11-17)30-6/h7-11H,12-13H2,1-6H3,(H,24,28). The molecule has 2 aromatic carbocycles. The number of nitrogens with zero attached hydrogens (tertiary/aromatic N) is 3. The average Bonchev–Trinajstić information content (AvgIpc) is 3.18. The monoisotopic (exact) mass is 424 g/mol. The Kier molecular flexibility index (Phi) is 6.91. The van der Waals surface area contributed by atoms with Gasteiger partial charge in [0.05, 0.1) is 27.3 Å². The molecule has 8 heteroatoms. The van der Waals surface area contributed by atoms with Gasteiger partial charge in [0.2, 0.25) is 17.6 Å². The summed E-state index contributed by atoms with van der Waals surface area (Å²) < 4.78 is 15.9. The number of anilines is 1. The number of hydrogen-bond donors (Lipinski definition) is 1. The van der Waals surface area contributed by atoms with Gasteiger partial charge in [0.15, 0.2) is 11.5 Å². The minimum absolute atomic E-state index is 0.0998. The summed E-state index contributed by atoms with van der Waals surface area (Å²) in [6.45, 7) is 6.57. The molecule has 0 aliphatic rings. The lowest BCUT2D eigenvalue weighted by atomic mass is 10.1. The van der Waals surface area contributed by atoms with Crippen molar-refractivity contribution in [3.63, 3.8) is 0 Å². The first-order valence-electron chi connectivity index (χ1n) is 9.92. The first-order valence-corrected chi connectivity index (χ1v) is 9.92. The summed E-state index contributed by atoms with van der Waals surface area (Å²) >= 11 is 0. The van der Waals surface area contributed by atoms with Gasteiger partial charge in [-0.3, -0.25) is 9.69 Å². The van der Waals surface area contributed by atoms with Crippen molar-refractivity contribution in [3.05, 3.63) is 52.9 Å². The molecule has 3 aromatic rings. The number of hydrogen-bond acceptors (Lipinski definition) is 7. The summed E-state index contributed by atoms with van der Waals surface area (Å²) in [5.74, 6) is 1.97. The number of rotatable bonds is 8. The van der Waals surface area contributed by atoms with Crippen LogP contribution in [0.2, 0.25) is 0 Å². The second-order valence-electron chi connectivity index (χ2n) is 7.58. The van der Waals surface area contributed by atoms with Crippen LogP contribution >= 0.6 is 0 Å². The molecule has 1 aromatic heterocycles. The SMILES string of the molecule is COc1ccc(-c2noc(CN(C)CC(=O)Nc3c(C)cc(C)cc3C)n2)cc1OC. The molecule has 31 heavy (non-hydrogen) atoms. The third-order valence-corrected chi connectivity index (χ3v) is 4.87. The van der Waals surface area contributed by atoms with Crippen LogP contribution < -0.4 is 14.8 Å². The van der Waals surface area contributed by atoms with Crippen molar-refractivity contribution in [1.82, 2.24) is 15.0 Å². The van der Waals surface area contributed by atoms with Crippen molar-refractivity contribution in [2.45, 2.75) is 27.3 Å². The van der Waals surface area contributed by atoms with Crippen LogP contribution in [0.15, 0.2) is 34.9 Å². The number of ether oxygens (including phenoxy) is 2. The van der Waals surface area contributed by atoms with Crippen molar-refractivity contribution in [3.8, 4) is 22.9 Å². The Hall–Kier alpha value is -3.39. The number of likely N-dealkylation sites (N-methyl/N-ethyl adjacent to an activating group) is 1. The molecule has 1 N–H and O–H groups in total. The summed E-state index contributed by atoms with van der Waals surface area (Å²) in [6, 6.07) is 9.52. The molecular formula is C23H28N4O4. The Labute approximate surface area is 182 Å². The van der Waals surface area contributed by atoms with Crippen molar-refractivity contribution >= 4 is 11.6 Å². The Bertz CT molecular complexity index is 1050. The smallest absolute Gasteiger partial charge is 0.241 e. The highest BCUT2D eigenvalue weighted by Crippen LogP contribution is 2.31. The average molecular weight is 425 g/mol. The molecule has 0 saturated heterocycles. The first-order chi connectivity index (χ1) is 14.8. The molecule has 3 rings (SSSR count). The summed E-state index contributed by atoms with van der Waals surface area (Å²) in [5.41, 5.74) is 4.87. The summed E-state index contributed by atoms with van der Waals surface area (Å²) in [6.07, 6.45) is 0. The van der Waals surface area contributed by atoms with Crippen LogP contribution in [-0.4, -0.2) is 48.8 Å². The number of methoxy groups -OCH3 is 2. The molecule has 0 spiro atoms. The fourth-order valence-corrected chi connectivity index (χ4v) is 3.50. The topological polar surface area (TPSA) is 89.7 Å². The zero-order chi connectivity index (χ0) is 22.5. The van der Waals surface area contributed by atoms with E-state index >= 15 is 0 Å². The fourth-order valence-electron chi connectivity index (χ4n) is 3.50. The molecule has 1 amide bonds. The van der Waals surface area contributed by atoms with Gasteiger partial charge in [-0.15, -0.1) is 0 Å². The van der Waals surface area contributed by atoms with Crippen LogP contribution in [-0.2, 0) is 11.3 Å². The maximum absolute atomic E-state index is 12.5. The highest BCUT2D eigenvalue weighted by molar-refractivity contribution is 5.93. The van der Waals surface area contributed by atoms with Gasteiger partial charge in [0.1, 0.15) is 0 Å². The molecule has 0 radical (unpaired) electrons. The Morgan fingerprint density at radius 3 is 2.39 bits per heavy atom. The third-order valence-electron chi connectivity index (χ3n) is 4.87. The van der Waals surface area contributed by atoms with E-state index in [4.69, 9.17) is 14.0 Å². The number of amides is 1. The number of aryl methyl sites for hydroxylation is 3. The lowest BCUT2D eigenvalue weighted by Crippen LogP contribution is -2.30. The van der Waals surface area contributed by atoms with Gasteiger partial charge in [0.25, 0.3) is 0 Å². The zero-order valence-corrected chi connectivity index (χ0v) is 18.8. The maximum Gasteiger partial charge on any atom is 0.241 e. The van der Waals surface area contributed by atoms with Crippen LogP contribution in [0.3, 0.4) is 0 Å². The van der Waals surface area contributed by atoms with Gasteiger partial charge >= 0.3 is 0 Å². The zero-order valence-electron chi connectivity index (χ0n) is 18.8. The van der Waals surface area contributed by atoms with Gasteiger partial charge in [-0.2, -0.15) is 4.98 Å². The second-order valence-corrected chi connectivity index (χ2v) is 7.58. The van der Waals surface area contributed by atoms with Crippen molar-refractivity contribution in [2.24, 2.45) is 0 Å². The van der Waals surface area contributed by atoms with Crippen LogP contribution in [0.1, 0.15) is 22.6 Å². The molecule has 0 atom stereocenters. The van der Waals surface area contributed by atoms with Crippen molar-refractivity contribution < 1.29 is 18.8 Å². The van der Waals surface area contributed by atoms with Gasteiger partial charge in [-0.25, -0.2) is 0 Å². The van der Waals surface area contributed by atoms with E-state index in [1.165, 1.54) is 5.56 Å². The normalized spacial score (nSPS) is 10.9. The van der Waals surface area contributed by atoms with Gasteiger partial charge < -0.3 is 19.3 Å². The maximum atomic E-state index is 12.5. The van der Waals surface area contributed by atoms with Crippen LogP contribution in [0.4, 0.5) is 5.69 Å². The number of carbonyl (C=O) groups is 1. The number of carbonyl (C=O) groups excluding carboxylic acids is 1. The Morgan fingerprint density at radius 1 is 1.06 bits per heavy atom. The van der Waals surface area contributed by atoms with Gasteiger partial charge in [-0.05, 0) is 57.1 Å². The number of nitrogens with one attached hydrogen (secondary N) is 1. The van der Waals surface area contributed by atoms with Gasteiger partial charge in [-0.1, -0.05) is 22.9 Å². The van der Waals surface area contributed by atoms with E-state index in [-0.39, 0.29) is 12.5 Å². The van der Waals surface area contributed by atoms with E-state index in [9.17, 15) is 4.79 Å². The van der Waals surface area contributed by atoms with E-state index in [0.29, 0.717) is 29.8 Å². The van der Waals surface area contributed by atoms with E-state index in [1.54, 1.807) is 26.4 Å². The van der Waals surface area contributed by atoms with E-state index in [2.05, 4.69) is 27.6 Å². The molecular weight excluding hydrogens is 396 g/mol. The highest BCUT2D eigenvalue weighted by atomic mass is 16.5. The van der Waals surface area contributed by atoms with E-state index in [0.717, 1.165) is 22.4 Å². The lowest BCUT2D eigenvalue weighted by molar-refractivity contribution is -0.117.